The third kappa shape index (κ3) is 5.36. The third-order valence-corrected chi connectivity index (χ3v) is 4.32. The molecule has 134 valence electrons. The molecule has 0 unspecified atom stereocenters. The molecule has 0 aliphatic heterocycles. The Balaban J connectivity index is 1.99. The van der Waals surface area contributed by atoms with Crippen LogP contribution >= 0.6 is 15.9 Å². The van der Waals surface area contributed by atoms with Crippen molar-refractivity contribution in [2.45, 2.75) is 12.8 Å². The van der Waals surface area contributed by atoms with Gasteiger partial charge in [0, 0.05) is 6.54 Å². The van der Waals surface area contributed by atoms with Crippen LogP contribution in [0, 0.1) is 11.3 Å². The number of nitriles is 1. The molecule has 0 radical (unpaired) electrons. The van der Waals surface area contributed by atoms with E-state index in [1.54, 1.807) is 12.1 Å². The first-order valence-corrected chi connectivity index (χ1v) is 8.85. The summed E-state index contributed by atoms with van der Waals surface area (Å²) >= 11 is 3.22. The number of nitrogens with zero attached hydrogens (tertiary/aromatic N) is 1. The Labute approximate surface area is 161 Å². The van der Waals surface area contributed by atoms with Crippen molar-refractivity contribution in [3.05, 3.63) is 63.6 Å². The molecule has 0 aliphatic carbocycles. The van der Waals surface area contributed by atoms with Crippen molar-refractivity contribution in [2.75, 3.05) is 13.7 Å². The number of hydrogen-bond acceptors (Lipinski definition) is 4. The van der Waals surface area contributed by atoms with Crippen LogP contribution in [0.1, 0.15) is 17.5 Å². The van der Waals surface area contributed by atoms with Gasteiger partial charge in [-0.1, -0.05) is 30.3 Å². The number of halogens is 1. The molecule has 0 aromatic heterocycles. The summed E-state index contributed by atoms with van der Waals surface area (Å²) in [4.78, 5) is 12.2. The van der Waals surface area contributed by atoms with E-state index in [9.17, 15) is 15.2 Å². The zero-order valence-electron chi connectivity index (χ0n) is 14.3. The highest BCUT2D eigenvalue weighted by molar-refractivity contribution is 9.10. The van der Waals surface area contributed by atoms with Crippen LogP contribution in [0.4, 0.5) is 0 Å². The van der Waals surface area contributed by atoms with E-state index in [0.717, 1.165) is 12.8 Å². The molecule has 0 fully saturated rings. The molecule has 2 aromatic carbocycles. The lowest BCUT2D eigenvalue weighted by Crippen LogP contribution is -2.25. The normalized spacial score (nSPS) is 10.9. The smallest absolute Gasteiger partial charge is 0.261 e. The summed E-state index contributed by atoms with van der Waals surface area (Å²) in [5.41, 5.74) is 1.77. The maximum Gasteiger partial charge on any atom is 0.261 e. The molecule has 0 bridgehead atoms. The molecular weight excluding hydrogens is 396 g/mol. The number of aryl methyl sites for hydroxylation is 1. The lowest BCUT2D eigenvalue weighted by Gasteiger charge is -2.08. The average Bonchev–Trinajstić information content (AvgIpc) is 2.66. The predicted molar refractivity (Wildman–Crippen MR) is 104 cm³/mol. The van der Waals surface area contributed by atoms with Gasteiger partial charge in [0.25, 0.3) is 5.91 Å². The topological polar surface area (TPSA) is 82.3 Å². The Bertz CT molecular complexity index is 842. The second-order valence-corrected chi connectivity index (χ2v) is 6.42. The maximum absolute atomic E-state index is 12.2. The Hall–Kier alpha value is -2.78. The molecule has 2 N–H and O–H groups in total. The highest BCUT2D eigenvalue weighted by Gasteiger charge is 2.11. The van der Waals surface area contributed by atoms with Crippen LogP contribution in [0.5, 0.6) is 11.5 Å². The Kier molecular flexibility index (Phi) is 7.24. The molecular formula is C20H19BrN2O3. The van der Waals surface area contributed by atoms with Crippen molar-refractivity contribution in [2.24, 2.45) is 0 Å². The number of carbonyl (C=O) groups excluding carboxylic acids is 1. The van der Waals surface area contributed by atoms with Gasteiger partial charge in [-0.25, -0.2) is 0 Å². The summed E-state index contributed by atoms with van der Waals surface area (Å²) in [7, 11) is 1.43. The zero-order chi connectivity index (χ0) is 18.9. The summed E-state index contributed by atoms with van der Waals surface area (Å²) in [6.45, 7) is 0.481. The van der Waals surface area contributed by atoms with Gasteiger partial charge in [-0.2, -0.15) is 5.26 Å². The van der Waals surface area contributed by atoms with Gasteiger partial charge in [0.15, 0.2) is 11.5 Å². The molecule has 0 saturated heterocycles. The van der Waals surface area contributed by atoms with Crippen molar-refractivity contribution >= 4 is 27.9 Å². The van der Waals surface area contributed by atoms with Gasteiger partial charge in [0.05, 0.1) is 11.6 Å². The highest BCUT2D eigenvalue weighted by Crippen LogP contribution is 2.35. The minimum Gasteiger partial charge on any atom is -0.503 e. The number of benzene rings is 2. The summed E-state index contributed by atoms with van der Waals surface area (Å²) in [6, 6.07) is 15.1. The second-order valence-electron chi connectivity index (χ2n) is 5.57. The van der Waals surface area contributed by atoms with Crippen molar-refractivity contribution in [3.63, 3.8) is 0 Å². The van der Waals surface area contributed by atoms with E-state index in [4.69, 9.17) is 4.74 Å². The van der Waals surface area contributed by atoms with Gasteiger partial charge >= 0.3 is 0 Å². The van der Waals surface area contributed by atoms with Crippen LogP contribution in [-0.4, -0.2) is 24.7 Å². The van der Waals surface area contributed by atoms with Gasteiger partial charge in [0.1, 0.15) is 11.6 Å². The molecule has 0 aliphatic rings. The van der Waals surface area contributed by atoms with E-state index in [0.29, 0.717) is 16.6 Å². The van der Waals surface area contributed by atoms with Crippen molar-refractivity contribution in [3.8, 4) is 17.6 Å². The number of phenolic OH excluding ortho intramolecular Hbond substituents is 1. The SMILES string of the molecule is COc1cc(/C=C(/C#N)C(=O)NCCCc2ccccc2)cc(Br)c1O. The number of nitrogens with one attached hydrogen (secondary N) is 1. The minimum atomic E-state index is -0.427. The van der Waals surface area contributed by atoms with Gasteiger partial charge in [-0.15, -0.1) is 0 Å². The first kappa shape index (κ1) is 19.5. The van der Waals surface area contributed by atoms with Crippen molar-refractivity contribution < 1.29 is 14.6 Å². The van der Waals surface area contributed by atoms with E-state index >= 15 is 0 Å². The quantitative estimate of drug-likeness (QED) is 0.409. The fourth-order valence-corrected chi connectivity index (χ4v) is 2.84. The predicted octanol–water partition coefficient (Wildman–Crippen LogP) is 3.82. The monoisotopic (exact) mass is 414 g/mol. The molecule has 0 atom stereocenters. The lowest BCUT2D eigenvalue weighted by atomic mass is 10.1. The van der Waals surface area contributed by atoms with Crippen LogP contribution in [0.25, 0.3) is 6.08 Å². The van der Waals surface area contributed by atoms with E-state index in [-0.39, 0.29) is 17.1 Å². The molecule has 0 heterocycles. The fraction of sp³-hybridized carbons (Fsp3) is 0.200. The number of amides is 1. The number of aromatic hydroxyl groups is 1. The number of ether oxygens (including phenoxy) is 1. The molecule has 5 nitrogen and oxygen atoms in total. The first-order chi connectivity index (χ1) is 12.5. The highest BCUT2D eigenvalue weighted by atomic mass is 79.9. The number of carbonyl (C=O) groups is 1. The molecule has 2 rings (SSSR count). The third-order valence-electron chi connectivity index (χ3n) is 3.72. The molecule has 0 saturated carbocycles. The number of phenols is 1. The Morgan fingerprint density at radius 1 is 1.35 bits per heavy atom. The van der Waals surface area contributed by atoms with E-state index in [2.05, 4.69) is 21.2 Å². The molecule has 26 heavy (non-hydrogen) atoms. The largest absolute Gasteiger partial charge is 0.503 e. The number of hydrogen-bond donors (Lipinski definition) is 2. The van der Waals surface area contributed by atoms with E-state index in [1.807, 2.05) is 36.4 Å². The van der Waals surface area contributed by atoms with Crippen LogP contribution in [0.15, 0.2) is 52.5 Å². The standard InChI is InChI=1S/C20H19BrN2O3/c1-26-18-12-15(11-17(21)19(18)24)10-16(13-22)20(25)23-9-5-8-14-6-3-2-4-7-14/h2-4,6-7,10-12,24H,5,8-9H2,1H3,(H,23,25)/b16-10-. The number of methoxy groups -OCH3 is 1. The maximum atomic E-state index is 12.2. The van der Waals surface area contributed by atoms with Crippen LogP contribution in [0.3, 0.4) is 0 Å². The zero-order valence-corrected chi connectivity index (χ0v) is 15.9. The molecule has 6 heteroatoms. The Morgan fingerprint density at radius 3 is 2.73 bits per heavy atom. The summed E-state index contributed by atoms with van der Waals surface area (Å²) in [6.07, 6.45) is 3.10. The second kappa shape index (κ2) is 9.64. The van der Waals surface area contributed by atoms with Gasteiger partial charge < -0.3 is 15.2 Å². The summed E-state index contributed by atoms with van der Waals surface area (Å²) < 4.78 is 5.49. The molecule has 1 amide bonds. The molecule has 2 aromatic rings. The van der Waals surface area contributed by atoms with Crippen molar-refractivity contribution in [1.82, 2.24) is 5.32 Å². The van der Waals surface area contributed by atoms with E-state index in [1.165, 1.54) is 18.7 Å². The number of rotatable bonds is 7. The van der Waals surface area contributed by atoms with Crippen molar-refractivity contribution in [1.29, 1.82) is 5.26 Å². The summed E-state index contributed by atoms with van der Waals surface area (Å²) in [5.74, 6) is -0.205. The average molecular weight is 415 g/mol. The minimum absolute atomic E-state index is 0.00986. The van der Waals surface area contributed by atoms with Gasteiger partial charge in [0.2, 0.25) is 0 Å². The first-order valence-electron chi connectivity index (χ1n) is 8.05. The fourth-order valence-electron chi connectivity index (χ4n) is 2.38. The van der Waals surface area contributed by atoms with Gasteiger partial charge in [-0.3, -0.25) is 4.79 Å². The Morgan fingerprint density at radius 2 is 2.08 bits per heavy atom. The van der Waals surface area contributed by atoms with E-state index < -0.39 is 5.91 Å². The van der Waals surface area contributed by atoms with Gasteiger partial charge in [-0.05, 0) is 58.1 Å². The van der Waals surface area contributed by atoms with Crippen LogP contribution < -0.4 is 10.1 Å². The van der Waals surface area contributed by atoms with Crippen LogP contribution in [0.2, 0.25) is 0 Å². The summed E-state index contributed by atoms with van der Waals surface area (Å²) in [5, 5.41) is 21.9. The molecule has 0 spiro atoms. The van der Waals surface area contributed by atoms with Crippen LogP contribution in [-0.2, 0) is 11.2 Å². The lowest BCUT2D eigenvalue weighted by molar-refractivity contribution is -0.117.